The topological polar surface area (TPSA) is 89.2 Å². The number of carbonyl (C=O) groups is 1. The quantitative estimate of drug-likeness (QED) is 0.216. The first-order valence-corrected chi connectivity index (χ1v) is 12.1. The van der Waals surface area contributed by atoms with Crippen LogP contribution in [0.25, 0.3) is 28.2 Å². The molecule has 0 saturated heterocycles. The van der Waals surface area contributed by atoms with Gasteiger partial charge in [0.15, 0.2) is 0 Å². The van der Waals surface area contributed by atoms with Gasteiger partial charge in [-0.15, -0.1) is 0 Å². The number of nitrogens with zero attached hydrogens (tertiary/aromatic N) is 2. The molecule has 0 saturated carbocycles. The molecule has 6 nitrogen and oxygen atoms in total. The summed E-state index contributed by atoms with van der Waals surface area (Å²) >= 11 is 0. The van der Waals surface area contributed by atoms with Crippen molar-refractivity contribution in [2.75, 3.05) is 6.61 Å². The van der Waals surface area contributed by atoms with Crippen LogP contribution in [0.2, 0.25) is 0 Å². The third-order valence-corrected chi connectivity index (χ3v) is 7.11. The largest absolute Gasteiger partial charge is 0.462 e. The average Bonchev–Trinajstić information content (AvgIpc) is 3.18. The van der Waals surface area contributed by atoms with Crippen molar-refractivity contribution < 1.29 is 17.9 Å². The maximum absolute atomic E-state index is 13.9. The van der Waals surface area contributed by atoms with Crippen LogP contribution in [0.3, 0.4) is 0 Å². The summed E-state index contributed by atoms with van der Waals surface area (Å²) < 4.78 is 34.2. The predicted octanol–water partition coefficient (Wildman–Crippen LogP) is 5.32. The molecule has 0 fully saturated rings. The number of carbonyl (C=O) groups excluding carboxylic acids is 1. The smallest absolute Gasteiger partial charge is 0.348 e. The monoisotopic (exact) mass is 470 g/mol. The van der Waals surface area contributed by atoms with E-state index in [9.17, 15) is 18.5 Å². The summed E-state index contributed by atoms with van der Waals surface area (Å²) in [5.74, 6) is -0.762. The first-order valence-electron chi connectivity index (χ1n) is 10.7. The lowest BCUT2D eigenvalue weighted by atomic mass is 10.0. The van der Waals surface area contributed by atoms with Crippen molar-refractivity contribution in [1.29, 1.82) is 5.26 Å². The number of hydrogen-bond donors (Lipinski definition) is 0. The Hall–Kier alpha value is -4.15. The van der Waals surface area contributed by atoms with E-state index in [4.69, 9.17) is 4.74 Å². The van der Waals surface area contributed by atoms with E-state index in [0.717, 1.165) is 5.56 Å². The maximum atomic E-state index is 13.9. The van der Waals surface area contributed by atoms with Gasteiger partial charge in [-0.25, -0.2) is 17.2 Å². The third-order valence-electron chi connectivity index (χ3n) is 5.38. The first kappa shape index (κ1) is 23.0. The fourth-order valence-corrected chi connectivity index (χ4v) is 5.36. The number of rotatable bonds is 6. The van der Waals surface area contributed by atoms with Gasteiger partial charge in [-0.3, -0.25) is 0 Å². The van der Waals surface area contributed by atoms with Crippen molar-refractivity contribution in [3.8, 4) is 17.3 Å². The van der Waals surface area contributed by atoms with Crippen molar-refractivity contribution in [3.05, 3.63) is 95.6 Å². The molecule has 0 unspecified atom stereocenters. The van der Waals surface area contributed by atoms with Crippen LogP contribution in [0.4, 0.5) is 0 Å². The minimum atomic E-state index is -4.02. The van der Waals surface area contributed by atoms with E-state index in [2.05, 4.69) is 0 Å². The zero-order valence-corrected chi connectivity index (χ0v) is 19.5. The summed E-state index contributed by atoms with van der Waals surface area (Å²) in [5, 5.41) is 10.2. The fraction of sp³-hybridized carbons (Fsp3) is 0.111. The number of benzene rings is 3. The number of fused-ring (bicyclic) bond motifs is 1. The lowest BCUT2D eigenvalue weighted by molar-refractivity contribution is -0.137. The lowest BCUT2D eigenvalue weighted by Gasteiger charge is -2.13. The molecule has 7 heteroatoms. The van der Waals surface area contributed by atoms with Gasteiger partial charge in [0.1, 0.15) is 11.6 Å². The molecule has 0 radical (unpaired) electrons. The Morgan fingerprint density at radius 2 is 1.65 bits per heavy atom. The average molecular weight is 471 g/mol. The summed E-state index contributed by atoms with van der Waals surface area (Å²) in [6, 6.07) is 24.6. The molecular weight excluding hydrogens is 448 g/mol. The van der Waals surface area contributed by atoms with E-state index in [-0.39, 0.29) is 17.1 Å². The van der Waals surface area contributed by atoms with Crippen molar-refractivity contribution in [1.82, 2.24) is 3.97 Å². The highest BCUT2D eigenvalue weighted by Gasteiger charge is 2.28. The lowest BCUT2D eigenvalue weighted by Crippen LogP contribution is -2.14. The Morgan fingerprint density at radius 1 is 1.00 bits per heavy atom. The number of para-hydroxylation sites is 1. The molecule has 0 aliphatic carbocycles. The number of nitriles is 1. The molecule has 0 amide bonds. The molecule has 1 heterocycles. The Morgan fingerprint density at radius 3 is 2.29 bits per heavy atom. The van der Waals surface area contributed by atoms with E-state index in [1.165, 1.54) is 10.0 Å². The molecule has 1 aromatic heterocycles. The molecule has 0 bridgehead atoms. The second-order valence-electron chi connectivity index (χ2n) is 7.62. The van der Waals surface area contributed by atoms with E-state index in [0.29, 0.717) is 27.7 Å². The predicted molar refractivity (Wildman–Crippen MR) is 131 cm³/mol. The van der Waals surface area contributed by atoms with Gasteiger partial charge in [0.2, 0.25) is 0 Å². The summed E-state index contributed by atoms with van der Waals surface area (Å²) in [6.45, 7) is 3.66. The van der Waals surface area contributed by atoms with Crippen LogP contribution in [-0.2, 0) is 19.6 Å². The van der Waals surface area contributed by atoms with Crippen LogP contribution in [0.15, 0.2) is 89.3 Å². The Bertz CT molecular complexity index is 1540. The summed E-state index contributed by atoms with van der Waals surface area (Å²) in [6.07, 6.45) is 1.41. The molecule has 170 valence electrons. The number of ether oxygens (including phenoxy) is 1. The van der Waals surface area contributed by atoms with E-state index in [1.54, 1.807) is 79.7 Å². The van der Waals surface area contributed by atoms with Gasteiger partial charge in [-0.05, 0) is 43.7 Å². The van der Waals surface area contributed by atoms with E-state index < -0.39 is 16.0 Å². The highest BCUT2D eigenvalue weighted by Crippen LogP contribution is 2.38. The molecule has 0 aliphatic rings. The molecule has 0 N–H and O–H groups in total. The van der Waals surface area contributed by atoms with E-state index in [1.807, 2.05) is 19.1 Å². The highest BCUT2D eigenvalue weighted by molar-refractivity contribution is 7.90. The van der Waals surface area contributed by atoms with Crippen LogP contribution < -0.4 is 0 Å². The molecule has 0 spiro atoms. The van der Waals surface area contributed by atoms with Gasteiger partial charge in [0, 0.05) is 10.9 Å². The van der Waals surface area contributed by atoms with Gasteiger partial charge < -0.3 is 4.74 Å². The Balaban J connectivity index is 2.13. The molecule has 0 aliphatic heterocycles. The molecule has 4 aromatic rings. The number of aromatic nitrogens is 1. The second kappa shape index (κ2) is 9.38. The van der Waals surface area contributed by atoms with Crippen molar-refractivity contribution in [2.45, 2.75) is 18.7 Å². The van der Waals surface area contributed by atoms with Crippen molar-refractivity contribution in [3.63, 3.8) is 0 Å². The summed E-state index contributed by atoms with van der Waals surface area (Å²) in [4.78, 5) is 12.5. The minimum absolute atomic E-state index is 0.118. The first-order chi connectivity index (χ1) is 16.4. The van der Waals surface area contributed by atoms with Gasteiger partial charge in [0.05, 0.1) is 22.7 Å². The van der Waals surface area contributed by atoms with Crippen LogP contribution >= 0.6 is 0 Å². The normalized spacial score (nSPS) is 11.9. The summed E-state index contributed by atoms with van der Waals surface area (Å²) in [5.41, 5.74) is 2.60. The van der Waals surface area contributed by atoms with Crippen LogP contribution in [0.5, 0.6) is 0 Å². The van der Waals surface area contributed by atoms with Gasteiger partial charge in [-0.2, -0.15) is 5.26 Å². The maximum Gasteiger partial charge on any atom is 0.348 e. The third kappa shape index (κ3) is 4.12. The molecule has 3 aromatic carbocycles. The number of aryl methyl sites for hydroxylation is 1. The standard InChI is InChI=1S/C27H22N2O4S/c1-3-33-27(30)21(18-28)17-24-23-11-7-8-12-25(23)29(26(24)20-9-5-4-6-10-20)34(31,32)22-15-13-19(2)14-16-22/h4-17H,3H2,1-2H3/b21-17-. The fourth-order valence-electron chi connectivity index (χ4n) is 3.81. The van der Waals surface area contributed by atoms with Crippen LogP contribution in [-0.4, -0.2) is 25.0 Å². The van der Waals surface area contributed by atoms with Gasteiger partial charge in [-0.1, -0.05) is 66.2 Å². The minimum Gasteiger partial charge on any atom is -0.462 e. The molecule has 4 rings (SSSR count). The SMILES string of the molecule is CCOC(=O)/C(C#N)=C\c1c(-c2ccccc2)n(S(=O)(=O)c2ccc(C)cc2)c2ccccc12. The van der Waals surface area contributed by atoms with Crippen molar-refractivity contribution >= 4 is 33.0 Å². The summed E-state index contributed by atoms with van der Waals surface area (Å²) in [7, 11) is -4.02. The molecule has 0 atom stereocenters. The van der Waals surface area contributed by atoms with Gasteiger partial charge >= 0.3 is 5.97 Å². The zero-order valence-electron chi connectivity index (χ0n) is 18.7. The zero-order chi connectivity index (χ0) is 24.3. The Kier molecular flexibility index (Phi) is 6.35. The van der Waals surface area contributed by atoms with Crippen LogP contribution in [0, 0.1) is 18.3 Å². The van der Waals surface area contributed by atoms with Crippen molar-refractivity contribution in [2.24, 2.45) is 0 Å². The second-order valence-corrected chi connectivity index (χ2v) is 9.40. The highest BCUT2D eigenvalue weighted by atomic mass is 32.2. The molecule has 34 heavy (non-hydrogen) atoms. The van der Waals surface area contributed by atoms with E-state index >= 15 is 0 Å². The molecular formula is C27H22N2O4S. The van der Waals surface area contributed by atoms with Gasteiger partial charge in [0.25, 0.3) is 10.0 Å². The Labute approximate surface area is 198 Å². The number of esters is 1. The number of hydrogen-bond acceptors (Lipinski definition) is 5. The van der Waals surface area contributed by atoms with Crippen LogP contribution in [0.1, 0.15) is 18.1 Å².